The standard InChI is InChI=1S/C13H12N4OS/c18-13(8-10-4-3-7-19-10)14-9-12-16-15-11-5-1-2-6-17(11)12/h1-7H,8-9H2,(H,14,18). The molecule has 3 rings (SSSR count). The Morgan fingerprint density at radius 3 is 3.05 bits per heavy atom. The molecule has 0 radical (unpaired) electrons. The van der Waals surface area contributed by atoms with Gasteiger partial charge in [0.15, 0.2) is 11.5 Å². The molecule has 0 aliphatic rings. The molecule has 0 saturated carbocycles. The molecule has 96 valence electrons. The third-order valence-corrected chi connectivity index (χ3v) is 3.62. The summed E-state index contributed by atoms with van der Waals surface area (Å²) in [5.74, 6) is 0.727. The summed E-state index contributed by atoms with van der Waals surface area (Å²) in [5, 5.41) is 12.9. The van der Waals surface area contributed by atoms with Gasteiger partial charge in [-0.3, -0.25) is 9.20 Å². The van der Waals surface area contributed by atoms with E-state index in [1.807, 2.05) is 46.3 Å². The van der Waals surface area contributed by atoms with Crippen LogP contribution in [-0.2, 0) is 17.8 Å². The highest BCUT2D eigenvalue weighted by Crippen LogP contribution is 2.09. The van der Waals surface area contributed by atoms with Crippen LogP contribution in [-0.4, -0.2) is 20.5 Å². The predicted molar refractivity (Wildman–Crippen MR) is 72.9 cm³/mol. The van der Waals surface area contributed by atoms with E-state index in [1.165, 1.54) is 0 Å². The number of hydrogen-bond donors (Lipinski definition) is 1. The first-order valence-electron chi connectivity index (χ1n) is 5.90. The molecule has 3 aromatic rings. The Morgan fingerprint density at radius 1 is 1.26 bits per heavy atom. The normalized spacial score (nSPS) is 10.7. The van der Waals surface area contributed by atoms with Crippen LogP contribution >= 0.6 is 11.3 Å². The fourth-order valence-corrected chi connectivity index (χ4v) is 2.53. The summed E-state index contributed by atoms with van der Waals surface area (Å²) < 4.78 is 1.87. The maximum Gasteiger partial charge on any atom is 0.225 e. The molecular weight excluding hydrogens is 260 g/mol. The van der Waals surface area contributed by atoms with Gasteiger partial charge in [-0.15, -0.1) is 21.5 Å². The molecule has 0 aliphatic carbocycles. The lowest BCUT2D eigenvalue weighted by Crippen LogP contribution is -2.25. The van der Waals surface area contributed by atoms with Gasteiger partial charge in [0.05, 0.1) is 13.0 Å². The predicted octanol–water partition coefficient (Wildman–Crippen LogP) is 1.65. The third-order valence-electron chi connectivity index (χ3n) is 2.74. The van der Waals surface area contributed by atoms with Gasteiger partial charge >= 0.3 is 0 Å². The zero-order chi connectivity index (χ0) is 13.1. The number of rotatable bonds is 4. The summed E-state index contributed by atoms with van der Waals surface area (Å²) in [7, 11) is 0. The van der Waals surface area contributed by atoms with E-state index in [-0.39, 0.29) is 5.91 Å². The highest BCUT2D eigenvalue weighted by atomic mass is 32.1. The van der Waals surface area contributed by atoms with Crippen LogP contribution in [0.3, 0.4) is 0 Å². The Labute approximate surface area is 113 Å². The topological polar surface area (TPSA) is 59.3 Å². The summed E-state index contributed by atoms with van der Waals surface area (Å²) in [4.78, 5) is 12.8. The summed E-state index contributed by atoms with van der Waals surface area (Å²) in [6.45, 7) is 0.384. The van der Waals surface area contributed by atoms with Crippen LogP contribution in [0, 0.1) is 0 Å². The zero-order valence-electron chi connectivity index (χ0n) is 10.1. The van der Waals surface area contributed by atoms with Crippen molar-refractivity contribution in [3.05, 3.63) is 52.6 Å². The fourth-order valence-electron chi connectivity index (χ4n) is 1.82. The van der Waals surface area contributed by atoms with Crippen molar-refractivity contribution in [2.75, 3.05) is 0 Å². The van der Waals surface area contributed by atoms with Gasteiger partial charge in [-0.2, -0.15) is 0 Å². The van der Waals surface area contributed by atoms with Crippen LogP contribution in [0.15, 0.2) is 41.9 Å². The minimum atomic E-state index is -0.00451. The molecule has 0 aliphatic heterocycles. The number of thiophene rings is 1. The highest BCUT2D eigenvalue weighted by molar-refractivity contribution is 7.10. The third kappa shape index (κ3) is 2.63. The Morgan fingerprint density at radius 2 is 2.21 bits per heavy atom. The summed E-state index contributed by atoms with van der Waals surface area (Å²) >= 11 is 1.58. The second-order valence-corrected chi connectivity index (χ2v) is 5.11. The van der Waals surface area contributed by atoms with E-state index in [2.05, 4.69) is 15.5 Å². The number of nitrogens with one attached hydrogen (secondary N) is 1. The van der Waals surface area contributed by atoms with Crippen molar-refractivity contribution >= 4 is 22.9 Å². The molecule has 1 amide bonds. The van der Waals surface area contributed by atoms with Gasteiger partial charge in [0, 0.05) is 11.1 Å². The molecule has 0 bridgehead atoms. The molecule has 3 aromatic heterocycles. The monoisotopic (exact) mass is 272 g/mol. The van der Waals surface area contributed by atoms with Crippen LogP contribution in [0.4, 0.5) is 0 Å². The first kappa shape index (κ1) is 11.9. The summed E-state index contributed by atoms with van der Waals surface area (Å²) in [5.41, 5.74) is 0.782. The lowest BCUT2D eigenvalue weighted by molar-refractivity contribution is -0.120. The van der Waals surface area contributed by atoms with Crippen molar-refractivity contribution in [3.8, 4) is 0 Å². The lowest BCUT2D eigenvalue weighted by Gasteiger charge is -2.03. The molecule has 19 heavy (non-hydrogen) atoms. The van der Waals surface area contributed by atoms with E-state index in [0.29, 0.717) is 13.0 Å². The number of carbonyl (C=O) groups excluding carboxylic acids is 1. The van der Waals surface area contributed by atoms with Gasteiger partial charge in [-0.25, -0.2) is 0 Å². The second kappa shape index (κ2) is 5.19. The number of hydrogen-bond acceptors (Lipinski definition) is 4. The van der Waals surface area contributed by atoms with Gasteiger partial charge in [-0.1, -0.05) is 12.1 Å². The maximum atomic E-state index is 11.8. The smallest absolute Gasteiger partial charge is 0.225 e. The Kier molecular flexibility index (Phi) is 3.24. The first-order valence-corrected chi connectivity index (χ1v) is 6.78. The molecule has 0 atom stereocenters. The largest absolute Gasteiger partial charge is 0.348 e. The van der Waals surface area contributed by atoms with Crippen molar-refractivity contribution in [3.63, 3.8) is 0 Å². The maximum absolute atomic E-state index is 11.8. The van der Waals surface area contributed by atoms with Crippen molar-refractivity contribution in [1.29, 1.82) is 0 Å². The van der Waals surface area contributed by atoms with Crippen LogP contribution in [0.25, 0.3) is 5.65 Å². The highest BCUT2D eigenvalue weighted by Gasteiger charge is 2.07. The summed E-state index contributed by atoms with van der Waals surface area (Å²) in [6.07, 6.45) is 2.30. The second-order valence-electron chi connectivity index (χ2n) is 4.08. The van der Waals surface area contributed by atoms with Crippen LogP contribution in [0.5, 0.6) is 0 Å². The van der Waals surface area contributed by atoms with E-state index in [1.54, 1.807) is 11.3 Å². The van der Waals surface area contributed by atoms with Gasteiger partial charge in [0.25, 0.3) is 0 Å². The average molecular weight is 272 g/mol. The Hall–Kier alpha value is -2.21. The van der Waals surface area contributed by atoms with E-state index in [9.17, 15) is 4.79 Å². The van der Waals surface area contributed by atoms with Crippen LogP contribution in [0.2, 0.25) is 0 Å². The molecule has 0 saturated heterocycles. The molecule has 0 unspecified atom stereocenters. The summed E-state index contributed by atoms with van der Waals surface area (Å²) in [6, 6.07) is 9.59. The molecule has 3 heterocycles. The quantitative estimate of drug-likeness (QED) is 0.785. The molecule has 0 fully saturated rings. The number of pyridine rings is 1. The number of fused-ring (bicyclic) bond motifs is 1. The number of amides is 1. The SMILES string of the molecule is O=C(Cc1cccs1)NCc1nnc2ccccn12. The Bertz CT molecular complexity index is 690. The van der Waals surface area contributed by atoms with Crippen molar-refractivity contribution in [1.82, 2.24) is 19.9 Å². The number of nitrogens with zero attached hydrogens (tertiary/aromatic N) is 3. The molecule has 0 spiro atoms. The molecule has 1 N–H and O–H groups in total. The van der Waals surface area contributed by atoms with Crippen molar-refractivity contribution in [2.24, 2.45) is 0 Å². The molecule has 0 aromatic carbocycles. The van der Waals surface area contributed by atoms with Crippen molar-refractivity contribution < 1.29 is 4.79 Å². The van der Waals surface area contributed by atoms with E-state index in [0.717, 1.165) is 16.3 Å². The lowest BCUT2D eigenvalue weighted by atomic mass is 10.3. The van der Waals surface area contributed by atoms with Gasteiger partial charge in [0.2, 0.25) is 5.91 Å². The van der Waals surface area contributed by atoms with Gasteiger partial charge < -0.3 is 5.32 Å². The van der Waals surface area contributed by atoms with Crippen LogP contribution < -0.4 is 5.32 Å². The van der Waals surface area contributed by atoms with Gasteiger partial charge in [-0.05, 0) is 23.6 Å². The van der Waals surface area contributed by atoms with Crippen molar-refractivity contribution in [2.45, 2.75) is 13.0 Å². The minimum absolute atomic E-state index is 0.00451. The number of aromatic nitrogens is 3. The molecular formula is C13H12N4OS. The first-order chi connectivity index (χ1) is 9.33. The number of carbonyl (C=O) groups is 1. The van der Waals surface area contributed by atoms with Gasteiger partial charge in [0.1, 0.15) is 0 Å². The molecule has 5 nitrogen and oxygen atoms in total. The fraction of sp³-hybridized carbons (Fsp3) is 0.154. The minimum Gasteiger partial charge on any atom is -0.348 e. The van der Waals surface area contributed by atoms with E-state index in [4.69, 9.17) is 0 Å². The van der Waals surface area contributed by atoms with E-state index < -0.39 is 0 Å². The Balaban J connectivity index is 1.64. The average Bonchev–Trinajstić information content (AvgIpc) is 3.05. The molecule has 6 heteroatoms. The van der Waals surface area contributed by atoms with E-state index >= 15 is 0 Å². The van der Waals surface area contributed by atoms with Crippen LogP contribution in [0.1, 0.15) is 10.7 Å². The zero-order valence-corrected chi connectivity index (χ0v) is 10.9.